The molecular weight excluding hydrogens is 458 g/mol. The second kappa shape index (κ2) is 8.37. The van der Waals surface area contributed by atoms with E-state index in [-0.39, 0.29) is 16.7 Å². The SMILES string of the molecule is Cc1cccc(-n2c(=O)c3c(n4c(SCC(N)=O)nnc24)-c2ccccc2CC32CCCCC2)c1. The number of hydrogen-bond acceptors (Lipinski definition) is 5. The van der Waals surface area contributed by atoms with Gasteiger partial charge in [0.1, 0.15) is 0 Å². The van der Waals surface area contributed by atoms with E-state index < -0.39 is 5.91 Å². The van der Waals surface area contributed by atoms with Gasteiger partial charge in [-0.3, -0.25) is 14.0 Å². The number of benzene rings is 2. The molecule has 7 nitrogen and oxygen atoms in total. The number of fused-ring (bicyclic) bond motifs is 6. The predicted octanol–water partition coefficient (Wildman–Crippen LogP) is 4.19. The Morgan fingerprint density at radius 1 is 1.09 bits per heavy atom. The summed E-state index contributed by atoms with van der Waals surface area (Å²) in [5.74, 6) is 0.122. The quantitative estimate of drug-likeness (QED) is 0.437. The lowest BCUT2D eigenvalue weighted by Gasteiger charge is -2.42. The number of thioether (sulfide) groups is 1. The summed E-state index contributed by atoms with van der Waals surface area (Å²) in [5, 5.41) is 9.49. The first-order chi connectivity index (χ1) is 17.0. The molecule has 0 radical (unpaired) electrons. The molecule has 1 spiro atoms. The maximum atomic E-state index is 14.5. The third-order valence-corrected chi connectivity index (χ3v) is 8.39. The predicted molar refractivity (Wildman–Crippen MR) is 137 cm³/mol. The summed E-state index contributed by atoms with van der Waals surface area (Å²) >= 11 is 1.26. The molecule has 4 aromatic rings. The van der Waals surface area contributed by atoms with Crippen molar-refractivity contribution in [2.24, 2.45) is 5.73 Å². The number of aryl methyl sites for hydroxylation is 1. The van der Waals surface area contributed by atoms with Crippen molar-refractivity contribution in [2.75, 3.05) is 5.75 Å². The van der Waals surface area contributed by atoms with Gasteiger partial charge in [0.2, 0.25) is 11.7 Å². The molecule has 2 aliphatic carbocycles. The van der Waals surface area contributed by atoms with Gasteiger partial charge < -0.3 is 5.73 Å². The van der Waals surface area contributed by atoms with Gasteiger partial charge in [0.05, 0.1) is 17.1 Å². The van der Waals surface area contributed by atoms with E-state index in [1.54, 1.807) is 4.57 Å². The highest BCUT2D eigenvalue weighted by Gasteiger charge is 2.44. The number of primary amides is 1. The normalized spacial score (nSPS) is 16.3. The molecule has 2 heterocycles. The van der Waals surface area contributed by atoms with Gasteiger partial charge in [0.25, 0.3) is 5.56 Å². The highest BCUT2D eigenvalue weighted by molar-refractivity contribution is 7.99. The van der Waals surface area contributed by atoms with Crippen LogP contribution in [0.2, 0.25) is 0 Å². The smallest absolute Gasteiger partial charge is 0.263 e. The van der Waals surface area contributed by atoms with Crippen LogP contribution in [0.4, 0.5) is 0 Å². The van der Waals surface area contributed by atoms with Gasteiger partial charge in [-0.2, -0.15) is 0 Å². The second-order valence-corrected chi connectivity index (χ2v) is 10.7. The Kier molecular flexibility index (Phi) is 5.29. The fourth-order valence-electron chi connectivity index (χ4n) is 5.99. The van der Waals surface area contributed by atoms with Crippen molar-refractivity contribution >= 4 is 23.4 Å². The largest absolute Gasteiger partial charge is 0.369 e. The van der Waals surface area contributed by atoms with Crippen LogP contribution in [0, 0.1) is 6.92 Å². The van der Waals surface area contributed by atoms with Crippen LogP contribution >= 0.6 is 11.8 Å². The molecule has 1 fully saturated rings. The number of hydrogen-bond donors (Lipinski definition) is 1. The van der Waals surface area contributed by atoms with Crippen LogP contribution in [-0.4, -0.2) is 30.8 Å². The summed E-state index contributed by atoms with van der Waals surface area (Å²) in [6.07, 6.45) is 6.23. The minimum atomic E-state index is -0.420. The molecule has 1 amide bonds. The summed E-state index contributed by atoms with van der Waals surface area (Å²) < 4.78 is 3.69. The maximum absolute atomic E-state index is 14.5. The molecule has 0 bridgehead atoms. The molecule has 2 aliphatic rings. The van der Waals surface area contributed by atoms with E-state index in [1.165, 1.54) is 23.7 Å². The fraction of sp³-hybridized carbons (Fsp3) is 0.333. The molecular formula is C27H27N5O2S. The molecule has 1 saturated carbocycles. The van der Waals surface area contributed by atoms with Crippen molar-refractivity contribution in [3.8, 4) is 16.9 Å². The molecule has 8 heteroatoms. The number of amides is 1. The van der Waals surface area contributed by atoms with E-state index in [2.05, 4.69) is 28.4 Å². The first kappa shape index (κ1) is 22.1. The Labute approximate surface area is 207 Å². The molecule has 2 aromatic heterocycles. The molecule has 0 unspecified atom stereocenters. The van der Waals surface area contributed by atoms with Crippen LogP contribution in [0.5, 0.6) is 0 Å². The van der Waals surface area contributed by atoms with Crippen molar-refractivity contribution in [3.63, 3.8) is 0 Å². The van der Waals surface area contributed by atoms with Crippen molar-refractivity contribution in [1.29, 1.82) is 0 Å². The number of carbonyl (C=O) groups is 1. The summed E-state index contributed by atoms with van der Waals surface area (Å²) in [6, 6.07) is 16.3. The number of aromatic nitrogens is 4. The minimum absolute atomic E-state index is 0.0200. The van der Waals surface area contributed by atoms with E-state index in [0.29, 0.717) is 10.9 Å². The molecule has 2 N–H and O–H groups in total. The molecule has 0 atom stereocenters. The van der Waals surface area contributed by atoms with Gasteiger partial charge in [-0.15, -0.1) is 10.2 Å². The monoisotopic (exact) mass is 485 g/mol. The fourth-order valence-corrected chi connectivity index (χ4v) is 6.67. The first-order valence-electron chi connectivity index (χ1n) is 12.1. The Bertz CT molecular complexity index is 1530. The topological polar surface area (TPSA) is 95.3 Å². The van der Waals surface area contributed by atoms with Crippen LogP contribution in [0.1, 0.15) is 48.8 Å². The van der Waals surface area contributed by atoms with Crippen LogP contribution in [0.3, 0.4) is 0 Å². The zero-order valence-electron chi connectivity index (χ0n) is 19.7. The van der Waals surface area contributed by atoms with E-state index >= 15 is 0 Å². The van der Waals surface area contributed by atoms with Gasteiger partial charge in [-0.05, 0) is 49.4 Å². The number of carbonyl (C=O) groups excluding carboxylic acids is 1. The Balaban J connectivity index is 1.76. The standard InChI is InChI=1S/C27H27N5O2S/c1-17-8-7-10-19(14-17)31-24(34)22-23(32-25(31)29-30-26(32)35-16-21(28)33)20-11-4-3-9-18(20)15-27(22)12-5-2-6-13-27/h3-4,7-11,14H,2,5-6,12-13,15-16H2,1H3,(H2,28,33). The summed E-state index contributed by atoms with van der Waals surface area (Å²) in [6.45, 7) is 2.01. The average molecular weight is 486 g/mol. The second-order valence-electron chi connectivity index (χ2n) is 9.75. The zero-order valence-corrected chi connectivity index (χ0v) is 20.5. The van der Waals surface area contributed by atoms with E-state index in [1.807, 2.05) is 41.7 Å². The van der Waals surface area contributed by atoms with Crippen LogP contribution in [0.25, 0.3) is 22.7 Å². The van der Waals surface area contributed by atoms with Gasteiger partial charge in [0, 0.05) is 16.5 Å². The number of nitrogens with zero attached hydrogens (tertiary/aromatic N) is 4. The molecule has 6 rings (SSSR count). The summed E-state index contributed by atoms with van der Waals surface area (Å²) in [4.78, 5) is 26.1. The van der Waals surface area contributed by atoms with Gasteiger partial charge in [-0.25, -0.2) is 4.57 Å². The molecule has 0 aliphatic heterocycles. The van der Waals surface area contributed by atoms with Gasteiger partial charge >= 0.3 is 0 Å². The van der Waals surface area contributed by atoms with Gasteiger partial charge in [0.15, 0.2) is 5.16 Å². The number of nitrogens with two attached hydrogens (primary N) is 1. The van der Waals surface area contributed by atoms with Crippen LogP contribution < -0.4 is 11.3 Å². The lowest BCUT2D eigenvalue weighted by Crippen LogP contribution is -2.43. The third-order valence-electron chi connectivity index (χ3n) is 7.44. The molecule has 35 heavy (non-hydrogen) atoms. The Morgan fingerprint density at radius 2 is 1.89 bits per heavy atom. The Hall–Kier alpha value is -3.39. The lowest BCUT2D eigenvalue weighted by atomic mass is 9.62. The highest BCUT2D eigenvalue weighted by Crippen LogP contribution is 2.49. The third kappa shape index (κ3) is 3.50. The van der Waals surface area contributed by atoms with E-state index in [9.17, 15) is 9.59 Å². The van der Waals surface area contributed by atoms with Crippen molar-refractivity contribution < 1.29 is 4.79 Å². The maximum Gasteiger partial charge on any atom is 0.263 e. The summed E-state index contributed by atoms with van der Waals surface area (Å²) in [5.41, 5.74) is 11.1. The van der Waals surface area contributed by atoms with Crippen molar-refractivity contribution in [2.45, 2.75) is 56.0 Å². The van der Waals surface area contributed by atoms with E-state index in [0.717, 1.165) is 60.2 Å². The highest BCUT2D eigenvalue weighted by atomic mass is 32.2. The molecule has 0 saturated heterocycles. The van der Waals surface area contributed by atoms with Crippen LogP contribution in [-0.2, 0) is 16.6 Å². The molecule has 178 valence electrons. The van der Waals surface area contributed by atoms with Crippen molar-refractivity contribution in [1.82, 2.24) is 19.2 Å². The van der Waals surface area contributed by atoms with Crippen LogP contribution in [0.15, 0.2) is 58.5 Å². The molecule has 2 aromatic carbocycles. The van der Waals surface area contributed by atoms with Gasteiger partial charge in [-0.1, -0.05) is 67.4 Å². The first-order valence-corrected chi connectivity index (χ1v) is 13.1. The number of rotatable bonds is 4. The summed E-state index contributed by atoms with van der Waals surface area (Å²) in [7, 11) is 0. The lowest BCUT2D eigenvalue weighted by molar-refractivity contribution is -0.115. The van der Waals surface area contributed by atoms with Crippen molar-refractivity contribution in [3.05, 3.63) is 75.6 Å². The van der Waals surface area contributed by atoms with E-state index in [4.69, 9.17) is 5.73 Å². The zero-order chi connectivity index (χ0) is 24.2. The average Bonchev–Trinajstić information content (AvgIpc) is 3.26. The minimum Gasteiger partial charge on any atom is -0.369 e. The Morgan fingerprint density at radius 3 is 2.66 bits per heavy atom.